The van der Waals surface area contributed by atoms with Gasteiger partial charge in [-0.3, -0.25) is 0 Å². The van der Waals surface area contributed by atoms with Crippen LogP contribution in [0.15, 0.2) is 491 Å². The zero-order valence-corrected chi connectivity index (χ0v) is 79.6. The molecule has 0 heterocycles. The molecule has 0 N–H and O–H groups in total. The molecule has 22 aromatic carbocycles. The number of para-hydroxylation sites is 3. The molecule has 0 bridgehead atoms. The Kier molecular flexibility index (Phi) is 21.0. The first-order valence-corrected chi connectivity index (χ1v) is 48.8. The minimum atomic E-state index is -0.154. The quantitative estimate of drug-likeness (QED) is 0.107. The van der Waals surface area contributed by atoms with Crippen LogP contribution >= 0.6 is 0 Å². The summed E-state index contributed by atoms with van der Waals surface area (Å²) in [7, 11) is 0. The average Bonchev–Trinajstić information content (AvgIpc) is 1.56. The van der Waals surface area contributed by atoms with E-state index in [9.17, 15) is 0 Å². The van der Waals surface area contributed by atoms with Crippen molar-refractivity contribution in [1.82, 2.24) is 0 Å². The zero-order valence-electron chi connectivity index (χ0n) is 79.6. The Balaban J connectivity index is 0.000000115. The summed E-state index contributed by atoms with van der Waals surface area (Å²) in [6, 6.07) is 180. The summed E-state index contributed by atoms with van der Waals surface area (Å²) in [4.78, 5) is 7.24. The summed E-state index contributed by atoms with van der Waals surface area (Å²) in [6.45, 7) is 19.0. The fourth-order valence-corrected chi connectivity index (χ4v) is 23.3. The van der Waals surface area contributed by atoms with Crippen molar-refractivity contribution in [2.75, 3.05) is 14.7 Å². The van der Waals surface area contributed by atoms with Crippen molar-refractivity contribution in [3.8, 4) is 100 Å². The standard InChI is InChI=1S/C52H41N.C47H35N.C37H29N/c1-51(2)45-25-15-13-23-42(45)43-28-27-39(33-47(43)51)53(40-30-37(34-17-7-5-8-18-34)29-38(31-40)35-19-9-6-10-20-35)50-41-22-12-11-21-36(41)32-48-49(50)44-24-14-16-26-46(44)52(48,3)4;1-47(2)43-19-11-10-18-42(43)46-44(47)31-37-14-8-9-17-41(37)45(46)34-24-28-40(29-25-34)48(38-15-4-3-5-16-38)39-26-22-33(23-27-39)36-21-20-32-12-6-7-13-35(32)30-36;1-37(2)33-20-12-11-19-32(33)36-34(37)25-27-13-9-10-18-31(27)35(36)26-21-23-30(24-22-26)38(28-14-5-3-6-15-28)29-16-7-4-8-17-29/h5-33H,1-4H3;3-31H,1-2H3;3-25H,1-2H3. The normalized spacial score (nSPS) is 13.6. The van der Waals surface area contributed by atoms with Gasteiger partial charge in [-0.2, -0.15) is 0 Å². The molecule has 26 rings (SSSR count). The molecule has 22 aromatic rings. The molecule has 0 amide bonds. The Bertz CT molecular complexity index is 8410. The van der Waals surface area contributed by atoms with E-state index in [1.54, 1.807) is 0 Å². The van der Waals surface area contributed by atoms with Crippen molar-refractivity contribution < 1.29 is 0 Å². The topological polar surface area (TPSA) is 9.72 Å². The van der Waals surface area contributed by atoms with E-state index in [4.69, 9.17) is 0 Å². The highest BCUT2D eigenvalue weighted by atomic mass is 15.2. The Morgan fingerprint density at radius 1 is 0.137 bits per heavy atom. The molecule has 0 aliphatic heterocycles. The molecule has 0 spiro atoms. The molecule has 0 aromatic heterocycles. The fourth-order valence-electron chi connectivity index (χ4n) is 23.3. The predicted octanol–water partition coefficient (Wildman–Crippen LogP) is 37.6. The van der Waals surface area contributed by atoms with E-state index in [1.807, 2.05) is 0 Å². The first-order chi connectivity index (χ1) is 68.0. The number of nitrogens with zero attached hydrogens (tertiary/aromatic N) is 3. The smallest absolute Gasteiger partial charge is 0.0621 e. The second-order valence-corrected chi connectivity index (χ2v) is 39.8. The summed E-state index contributed by atoms with van der Waals surface area (Å²) in [6.07, 6.45) is 0. The van der Waals surface area contributed by atoms with Crippen LogP contribution in [-0.4, -0.2) is 0 Å². The maximum absolute atomic E-state index is 2.58. The van der Waals surface area contributed by atoms with E-state index in [0.29, 0.717) is 0 Å². The van der Waals surface area contributed by atoms with Gasteiger partial charge in [0.15, 0.2) is 0 Å². The zero-order chi connectivity index (χ0) is 93.8. The Morgan fingerprint density at radius 3 is 0.871 bits per heavy atom. The van der Waals surface area contributed by atoms with Gasteiger partial charge in [-0.25, -0.2) is 0 Å². The van der Waals surface area contributed by atoms with Crippen LogP contribution in [0, 0.1) is 0 Å². The SMILES string of the molecule is CC1(C)c2ccccc2-c2c1cc1ccccc1c2-c1ccc(N(c2ccccc2)c2ccc(-c3ccc4ccccc4c3)cc2)cc1.CC1(C)c2ccccc2-c2c1cc1ccccc1c2-c1ccc(N(c2ccccc2)c2ccccc2)cc1.CC1(C)c2ccccc2-c2ccc(N(c3cc(-c4ccccc4)cc(-c4ccccc4)c3)c3c4c(cc5ccccc35)C(C)(C)c3ccccc3-4)cc21. The van der Waals surface area contributed by atoms with E-state index >= 15 is 0 Å². The Hall–Kier alpha value is -16.7. The number of hydrogen-bond donors (Lipinski definition) is 0. The van der Waals surface area contributed by atoms with Crippen molar-refractivity contribution in [3.63, 3.8) is 0 Å². The minimum Gasteiger partial charge on any atom is -0.311 e. The molecular formula is C136H105N3. The number of benzene rings is 22. The van der Waals surface area contributed by atoms with Crippen molar-refractivity contribution >= 4 is 94.3 Å². The first-order valence-electron chi connectivity index (χ1n) is 48.8. The molecule has 0 atom stereocenters. The first kappa shape index (κ1) is 85.2. The molecule has 139 heavy (non-hydrogen) atoms. The van der Waals surface area contributed by atoms with Crippen molar-refractivity contribution in [2.45, 2.75) is 77.0 Å². The van der Waals surface area contributed by atoms with E-state index in [-0.39, 0.29) is 21.7 Å². The molecule has 4 aliphatic carbocycles. The second-order valence-electron chi connectivity index (χ2n) is 39.8. The molecule has 0 fully saturated rings. The summed E-state index contributed by atoms with van der Waals surface area (Å²) in [5.74, 6) is 0. The lowest BCUT2D eigenvalue weighted by Crippen LogP contribution is -2.18. The van der Waals surface area contributed by atoms with Crippen LogP contribution in [0.25, 0.3) is 143 Å². The van der Waals surface area contributed by atoms with Crippen LogP contribution in [0.3, 0.4) is 0 Å². The molecule has 664 valence electrons. The number of rotatable bonds is 14. The molecule has 0 saturated heterocycles. The Morgan fingerprint density at radius 2 is 0.432 bits per heavy atom. The molecule has 0 saturated carbocycles. The third-order valence-electron chi connectivity index (χ3n) is 30.3. The van der Waals surface area contributed by atoms with E-state index in [0.717, 1.165) is 45.5 Å². The third-order valence-corrected chi connectivity index (χ3v) is 30.3. The van der Waals surface area contributed by atoms with Gasteiger partial charge in [0.1, 0.15) is 0 Å². The Labute approximate surface area is 816 Å². The van der Waals surface area contributed by atoms with Crippen molar-refractivity contribution in [1.29, 1.82) is 0 Å². The largest absolute Gasteiger partial charge is 0.311 e. The van der Waals surface area contributed by atoms with Crippen LogP contribution in [-0.2, 0) is 21.7 Å². The van der Waals surface area contributed by atoms with Gasteiger partial charge in [-0.15, -0.1) is 0 Å². The molecule has 0 unspecified atom stereocenters. The van der Waals surface area contributed by atoms with Crippen LogP contribution in [0.2, 0.25) is 0 Å². The summed E-state index contributed by atoms with van der Waals surface area (Å²) < 4.78 is 0. The summed E-state index contributed by atoms with van der Waals surface area (Å²) in [5, 5.41) is 10.2. The predicted molar refractivity (Wildman–Crippen MR) is 591 cm³/mol. The van der Waals surface area contributed by atoms with Gasteiger partial charge < -0.3 is 14.7 Å². The summed E-state index contributed by atoms with van der Waals surface area (Å²) >= 11 is 0. The number of fused-ring (bicyclic) bond motifs is 16. The molecule has 3 nitrogen and oxygen atoms in total. The molecule has 4 aliphatic rings. The van der Waals surface area contributed by atoms with Crippen molar-refractivity contribution in [2.24, 2.45) is 0 Å². The number of anilines is 9. The minimum absolute atomic E-state index is 0.0396. The van der Waals surface area contributed by atoms with Gasteiger partial charge >= 0.3 is 0 Å². The third kappa shape index (κ3) is 14.6. The maximum Gasteiger partial charge on any atom is 0.0621 e. The highest BCUT2D eigenvalue weighted by Crippen LogP contribution is 2.61. The number of hydrogen-bond acceptors (Lipinski definition) is 3. The van der Waals surface area contributed by atoms with Crippen molar-refractivity contribution in [3.05, 3.63) is 536 Å². The van der Waals surface area contributed by atoms with Crippen LogP contribution in [0.4, 0.5) is 51.2 Å². The summed E-state index contributed by atoms with van der Waals surface area (Å²) in [5.41, 5.74) is 44.2. The van der Waals surface area contributed by atoms with Gasteiger partial charge in [0.2, 0.25) is 0 Å². The van der Waals surface area contributed by atoms with Gasteiger partial charge in [-0.1, -0.05) is 419 Å². The van der Waals surface area contributed by atoms with Crippen LogP contribution < -0.4 is 14.7 Å². The van der Waals surface area contributed by atoms with Gasteiger partial charge in [0, 0.05) is 78.1 Å². The monoisotopic (exact) mass is 1780 g/mol. The van der Waals surface area contributed by atoms with Gasteiger partial charge in [0.25, 0.3) is 0 Å². The van der Waals surface area contributed by atoms with Crippen LogP contribution in [0.1, 0.15) is 99.9 Å². The molecule has 3 heteroatoms. The fraction of sp³-hybridized carbons (Fsp3) is 0.0882. The van der Waals surface area contributed by atoms with Gasteiger partial charge in [0.05, 0.1) is 5.69 Å². The lowest BCUT2D eigenvalue weighted by Gasteiger charge is -2.32. The van der Waals surface area contributed by atoms with E-state index in [2.05, 4.69) is 561 Å². The lowest BCUT2D eigenvalue weighted by molar-refractivity contribution is 0.660. The highest BCUT2D eigenvalue weighted by Gasteiger charge is 2.43. The highest BCUT2D eigenvalue weighted by molar-refractivity contribution is 6.13. The molecule has 0 radical (unpaired) electrons. The van der Waals surface area contributed by atoms with E-state index in [1.165, 1.54) is 193 Å². The van der Waals surface area contributed by atoms with E-state index < -0.39 is 0 Å². The average molecular weight is 1780 g/mol. The maximum atomic E-state index is 2.58. The molecular weight excluding hydrogens is 1680 g/mol. The van der Waals surface area contributed by atoms with Crippen LogP contribution in [0.5, 0.6) is 0 Å². The van der Waals surface area contributed by atoms with Gasteiger partial charge in [-0.05, 0) is 304 Å². The second kappa shape index (κ2) is 34.3. The lowest BCUT2D eigenvalue weighted by atomic mass is 9.80.